The minimum absolute atomic E-state index is 0.319. The standard InChI is InChI=1S/C21H24N2O3/c24-20-7-3-16(4-8-20)10-23-13-18-11-22(12-19(18)14-23)9-15-1-5-17(6-2-15)21(25)26/h1-8,18-19,24H,9-14H2,(H,25,26). The van der Waals surface area contributed by atoms with Crippen LogP contribution in [-0.4, -0.2) is 52.2 Å². The van der Waals surface area contributed by atoms with Crippen molar-refractivity contribution in [2.24, 2.45) is 11.8 Å². The van der Waals surface area contributed by atoms with E-state index in [0.717, 1.165) is 39.3 Å². The third kappa shape index (κ3) is 3.74. The quantitative estimate of drug-likeness (QED) is 0.866. The number of rotatable bonds is 5. The van der Waals surface area contributed by atoms with E-state index < -0.39 is 5.97 Å². The summed E-state index contributed by atoms with van der Waals surface area (Å²) in [5.74, 6) is 0.871. The second-order valence-electron chi connectivity index (χ2n) is 7.58. The first-order chi connectivity index (χ1) is 12.6. The van der Waals surface area contributed by atoms with Crippen LogP contribution in [0.1, 0.15) is 21.5 Å². The van der Waals surface area contributed by atoms with Crippen LogP contribution in [0.15, 0.2) is 48.5 Å². The Morgan fingerprint density at radius 2 is 1.23 bits per heavy atom. The highest BCUT2D eigenvalue weighted by molar-refractivity contribution is 5.87. The number of aromatic hydroxyl groups is 1. The molecular formula is C21H24N2O3. The van der Waals surface area contributed by atoms with Gasteiger partial charge in [0.2, 0.25) is 0 Å². The van der Waals surface area contributed by atoms with Gasteiger partial charge in [-0.1, -0.05) is 24.3 Å². The zero-order valence-electron chi connectivity index (χ0n) is 14.7. The summed E-state index contributed by atoms with van der Waals surface area (Å²) in [5.41, 5.74) is 2.77. The fourth-order valence-electron chi connectivity index (χ4n) is 4.32. The number of phenolic OH excluding ortho intramolecular Hbond substituents is 1. The van der Waals surface area contributed by atoms with Gasteiger partial charge in [-0.15, -0.1) is 0 Å². The fourth-order valence-corrected chi connectivity index (χ4v) is 4.32. The lowest BCUT2D eigenvalue weighted by atomic mass is 10.0. The molecule has 2 saturated heterocycles. The van der Waals surface area contributed by atoms with Gasteiger partial charge >= 0.3 is 5.97 Å². The largest absolute Gasteiger partial charge is 0.508 e. The molecule has 2 aliphatic rings. The van der Waals surface area contributed by atoms with Gasteiger partial charge in [0, 0.05) is 39.3 Å². The highest BCUT2D eigenvalue weighted by atomic mass is 16.4. The summed E-state index contributed by atoms with van der Waals surface area (Å²) in [4.78, 5) is 15.9. The van der Waals surface area contributed by atoms with Crippen LogP contribution in [0.4, 0.5) is 0 Å². The van der Waals surface area contributed by atoms with Gasteiger partial charge in [0.1, 0.15) is 5.75 Å². The van der Waals surface area contributed by atoms with Crippen molar-refractivity contribution in [2.45, 2.75) is 13.1 Å². The molecule has 0 spiro atoms. The zero-order chi connectivity index (χ0) is 18.1. The highest BCUT2D eigenvalue weighted by Gasteiger charge is 2.39. The second-order valence-corrected chi connectivity index (χ2v) is 7.58. The van der Waals surface area contributed by atoms with E-state index in [1.54, 1.807) is 24.3 Å². The molecule has 2 fully saturated rings. The Kier molecular flexibility index (Phi) is 4.66. The van der Waals surface area contributed by atoms with Crippen molar-refractivity contribution in [1.82, 2.24) is 9.80 Å². The summed E-state index contributed by atoms with van der Waals surface area (Å²) in [6.07, 6.45) is 0. The van der Waals surface area contributed by atoms with Gasteiger partial charge in [0.15, 0.2) is 0 Å². The average molecular weight is 352 g/mol. The second kappa shape index (κ2) is 7.09. The first kappa shape index (κ1) is 17.1. The normalized spacial score (nSPS) is 23.2. The SMILES string of the molecule is O=C(O)c1ccc(CN2CC3CN(Cc4ccc(O)cc4)CC3C2)cc1. The van der Waals surface area contributed by atoms with Gasteiger partial charge in [-0.2, -0.15) is 0 Å². The summed E-state index contributed by atoms with van der Waals surface area (Å²) < 4.78 is 0. The topological polar surface area (TPSA) is 64.0 Å². The smallest absolute Gasteiger partial charge is 0.335 e. The number of benzene rings is 2. The lowest BCUT2D eigenvalue weighted by Gasteiger charge is -2.21. The summed E-state index contributed by atoms with van der Waals surface area (Å²) >= 11 is 0. The number of fused-ring (bicyclic) bond motifs is 1. The number of phenols is 1. The molecule has 2 N–H and O–H groups in total. The van der Waals surface area contributed by atoms with Crippen molar-refractivity contribution >= 4 is 5.97 Å². The van der Waals surface area contributed by atoms with E-state index >= 15 is 0 Å². The Morgan fingerprint density at radius 3 is 1.65 bits per heavy atom. The van der Waals surface area contributed by atoms with E-state index in [1.165, 1.54) is 11.1 Å². The van der Waals surface area contributed by atoms with Crippen LogP contribution in [0.3, 0.4) is 0 Å². The van der Waals surface area contributed by atoms with E-state index in [4.69, 9.17) is 5.11 Å². The molecule has 0 aliphatic carbocycles. The molecule has 5 heteroatoms. The number of aromatic carboxylic acids is 1. The molecule has 4 rings (SSSR count). The predicted molar refractivity (Wildman–Crippen MR) is 99.0 cm³/mol. The van der Waals surface area contributed by atoms with Crippen LogP contribution in [-0.2, 0) is 13.1 Å². The third-order valence-corrected chi connectivity index (χ3v) is 5.59. The molecule has 26 heavy (non-hydrogen) atoms. The van der Waals surface area contributed by atoms with Gasteiger partial charge in [-0.25, -0.2) is 4.79 Å². The zero-order valence-corrected chi connectivity index (χ0v) is 14.7. The maximum Gasteiger partial charge on any atom is 0.335 e. The van der Waals surface area contributed by atoms with E-state index in [1.807, 2.05) is 24.3 Å². The number of hydrogen-bond acceptors (Lipinski definition) is 4. The Morgan fingerprint density at radius 1 is 0.808 bits per heavy atom. The summed E-state index contributed by atoms with van der Waals surface area (Å²) in [6.45, 7) is 6.31. The van der Waals surface area contributed by atoms with Crippen LogP contribution in [0.5, 0.6) is 5.75 Å². The monoisotopic (exact) mass is 352 g/mol. The van der Waals surface area contributed by atoms with E-state index in [9.17, 15) is 9.90 Å². The first-order valence-electron chi connectivity index (χ1n) is 9.11. The molecule has 2 aromatic carbocycles. The van der Waals surface area contributed by atoms with Crippen molar-refractivity contribution in [3.63, 3.8) is 0 Å². The lowest BCUT2D eigenvalue weighted by Crippen LogP contribution is -2.28. The fraction of sp³-hybridized carbons (Fsp3) is 0.381. The minimum Gasteiger partial charge on any atom is -0.508 e. The molecule has 2 atom stereocenters. The molecule has 0 saturated carbocycles. The van der Waals surface area contributed by atoms with Crippen LogP contribution in [0.25, 0.3) is 0 Å². The summed E-state index contributed by atoms with van der Waals surface area (Å²) in [5, 5.41) is 18.4. The van der Waals surface area contributed by atoms with Gasteiger partial charge in [-0.3, -0.25) is 9.80 Å². The van der Waals surface area contributed by atoms with E-state index in [2.05, 4.69) is 9.80 Å². The molecule has 0 aromatic heterocycles. The molecular weight excluding hydrogens is 328 g/mol. The predicted octanol–water partition coefficient (Wildman–Crippen LogP) is 2.65. The van der Waals surface area contributed by atoms with E-state index in [0.29, 0.717) is 23.1 Å². The highest BCUT2D eigenvalue weighted by Crippen LogP contribution is 2.32. The van der Waals surface area contributed by atoms with Crippen molar-refractivity contribution < 1.29 is 15.0 Å². The molecule has 2 aliphatic heterocycles. The van der Waals surface area contributed by atoms with E-state index in [-0.39, 0.29) is 0 Å². The molecule has 2 unspecified atom stereocenters. The minimum atomic E-state index is -0.874. The summed E-state index contributed by atoms with van der Waals surface area (Å²) in [6, 6.07) is 14.7. The molecule has 2 aromatic rings. The molecule has 0 bridgehead atoms. The molecule has 2 heterocycles. The maximum atomic E-state index is 10.9. The Labute approximate surface area is 153 Å². The van der Waals surface area contributed by atoms with Crippen LogP contribution < -0.4 is 0 Å². The van der Waals surface area contributed by atoms with Crippen LogP contribution in [0, 0.1) is 11.8 Å². The van der Waals surface area contributed by atoms with Crippen LogP contribution in [0.2, 0.25) is 0 Å². The number of carbonyl (C=O) groups is 1. The van der Waals surface area contributed by atoms with Crippen LogP contribution >= 0.6 is 0 Å². The number of likely N-dealkylation sites (tertiary alicyclic amines) is 2. The number of carboxylic acid groups (broad SMARTS) is 1. The van der Waals surface area contributed by atoms with Crippen molar-refractivity contribution in [2.75, 3.05) is 26.2 Å². The number of hydrogen-bond donors (Lipinski definition) is 2. The summed E-state index contributed by atoms with van der Waals surface area (Å²) in [7, 11) is 0. The van der Waals surface area contributed by atoms with Crippen molar-refractivity contribution in [3.05, 3.63) is 65.2 Å². The molecule has 136 valence electrons. The Balaban J connectivity index is 1.29. The molecule has 5 nitrogen and oxygen atoms in total. The first-order valence-corrected chi connectivity index (χ1v) is 9.11. The third-order valence-electron chi connectivity index (χ3n) is 5.59. The Bertz CT molecular complexity index is 759. The lowest BCUT2D eigenvalue weighted by molar-refractivity contribution is 0.0697. The van der Waals surface area contributed by atoms with Gasteiger partial charge in [0.05, 0.1) is 5.56 Å². The molecule has 0 radical (unpaired) electrons. The van der Waals surface area contributed by atoms with Gasteiger partial charge in [-0.05, 0) is 47.2 Å². The van der Waals surface area contributed by atoms with Gasteiger partial charge < -0.3 is 10.2 Å². The molecule has 0 amide bonds. The van der Waals surface area contributed by atoms with Crippen molar-refractivity contribution in [1.29, 1.82) is 0 Å². The maximum absolute atomic E-state index is 10.9. The van der Waals surface area contributed by atoms with Crippen molar-refractivity contribution in [3.8, 4) is 5.75 Å². The number of nitrogens with zero attached hydrogens (tertiary/aromatic N) is 2. The average Bonchev–Trinajstić information content (AvgIpc) is 3.15. The number of carboxylic acids is 1. The van der Waals surface area contributed by atoms with Gasteiger partial charge in [0.25, 0.3) is 0 Å². The Hall–Kier alpha value is -2.37.